The third kappa shape index (κ3) is 3.76. The highest BCUT2D eigenvalue weighted by Crippen LogP contribution is 2.22. The average molecular weight is 293 g/mol. The van der Waals surface area contributed by atoms with Gasteiger partial charge in [0.1, 0.15) is 0 Å². The van der Waals surface area contributed by atoms with Crippen LogP contribution < -0.4 is 0 Å². The van der Waals surface area contributed by atoms with E-state index < -0.39 is 0 Å². The molecule has 4 heteroatoms. The van der Waals surface area contributed by atoms with Crippen molar-refractivity contribution in [1.29, 1.82) is 0 Å². The zero-order valence-electron chi connectivity index (χ0n) is 12.2. The molecule has 0 bridgehead atoms. The number of benzene rings is 1. The van der Waals surface area contributed by atoms with Gasteiger partial charge in [0, 0.05) is 19.7 Å². The molecule has 1 aliphatic rings. The van der Waals surface area contributed by atoms with Gasteiger partial charge in [0.05, 0.1) is 5.25 Å². The molecule has 1 aromatic rings. The Balaban J connectivity index is 1.91. The van der Waals surface area contributed by atoms with E-state index in [1.165, 1.54) is 11.1 Å². The molecule has 0 saturated heterocycles. The van der Waals surface area contributed by atoms with Gasteiger partial charge in [-0.25, -0.2) is 0 Å². The summed E-state index contributed by atoms with van der Waals surface area (Å²) in [4.78, 5) is 14.4. The number of hydrogen-bond acceptors (Lipinski definition) is 3. The number of hydrogen-bond donors (Lipinski definition) is 1. The minimum Gasteiger partial charge on any atom is -0.396 e. The van der Waals surface area contributed by atoms with Crippen LogP contribution in [0.15, 0.2) is 24.3 Å². The number of aliphatic hydroxyl groups is 1. The van der Waals surface area contributed by atoms with Crippen LogP contribution in [0.1, 0.15) is 25.0 Å². The van der Waals surface area contributed by atoms with Crippen LogP contribution >= 0.6 is 11.8 Å². The fourth-order valence-electron chi connectivity index (χ4n) is 2.37. The predicted molar refractivity (Wildman–Crippen MR) is 83.7 cm³/mol. The van der Waals surface area contributed by atoms with Gasteiger partial charge >= 0.3 is 0 Å². The molecular weight excluding hydrogens is 270 g/mol. The summed E-state index contributed by atoms with van der Waals surface area (Å²) in [6.45, 7) is 5.70. The van der Waals surface area contributed by atoms with Crippen LogP contribution in [-0.4, -0.2) is 40.1 Å². The average Bonchev–Trinajstić information content (AvgIpc) is 2.50. The topological polar surface area (TPSA) is 40.5 Å². The molecule has 0 unspecified atom stereocenters. The van der Waals surface area contributed by atoms with E-state index in [9.17, 15) is 4.79 Å². The van der Waals surface area contributed by atoms with Crippen molar-refractivity contribution in [2.24, 2.45) is 5.92 Å². The minimum atomic E-state index is -0.0331. The summed E-state index contributed by atoms with van der Waals surface area (Å²) in [6, 6.07) is 8.36. The maximum atomic E-state index is 12.5. The number of nitrogens with zero attached hydrogens (tertiary/aromatic N) is 1. The van der Waals surface area contributed by atoms with Crippen molar-refractivity contribution in [3.63, 3.8) is 0 Å². The standard InChI is InChI=1S/C16H23NO2S/c1-12(10-18)11-20-13(2)16(19)17-8-7-14-5-3-4-6-15(14)9-17/h3-6,12-13,18H,7-11H2,1-2H3/t12-,13+/m0/s1. The summed E-state index contributed by atoms with van der Waals surface area (Å²) >= 11 is 1.64. The number of thioether (sulfide) groups is 1. The van der Waals surface area contributed by atoms with Crippen LogP contribution in [0.5, 0.6) is 0 Å². The van der Waals surface area contributed by atoms with Gasteiger partial charge < -0.3 is 10.0 Å². The van der Waals surface area contributed by atoms with Crippen molar-refractivity contribution < 1.29 is 9.90 Å². The second-order valence-electron chi connectivity index (χ2n) is 5.54. The van der Waals surface area contributed by atoms with E-state index >= 15 is 0 Å². The Bertz CT molecular complexity index is 464. The van der Waals surface area contributed by atoms with E-state index in [0.717, 1.165) is 25.3 Å². The maximum Gasteiger partial charge on any atom is 0.235 e. The molecule has 1 N–H and O–H groups in total. The monoisotopic (exact) mass is 293 g/mol. The minimum absolute atomic E-state index is 0.0331. The smallest absolute Gasteiger partial charge is 0.235 e. The zero-order valence-corrected chi connectivity index (χ0v) is 13.0. The van der Waals surface area contributed by atoms with Crippen molar-refractivity contribution in [2.75, 3.05) is 18.9 Å². The summed E-state index contributed by atoms with van der Waals surface area (Å²) < 4.78 is 0. The summed E-state index contributed by atoms with van der Waals surface area (Å²) in [6.07, 6.45) is 0.951. The van der Waals surface area contributed by atoms with Crippen molar-refractivity contribution in [1.82, 2.24) is 4.90 Å². The molecule has 1 heterocycles. The van der Waals surface area contributed by atoms with E-state index in [0.29, 0.717) is 0 Å². The number of fused-ring (bicyclic) bond motifs is 1. The summed E-state index contributed by atoms with van der Waals surface area (Å²) in [5, 5.41) is 9.00. The van der Waals surface area contributed by atoms with Gasteiger partial charge in [-0.1, -0.05) is 31.2 Å². The van der Waals surface area contributed by atoms with Crippen LogP contribution in [0.3, 0.4) is 0 Å². The lowest BCUT2D eigenvalue weighted by Crippen LogP contribution is -2.40. The lowest BCUT2D eigenvalue weighted by molar-refractivity contribution is -0.131. The Labute approximate surface area is 125 Å². The van der Waals surface area contributed by atoms with E-state index in [1.807, 2.05) is 24.8 Å². The molecule has 0 radical (unpaired) electrons. The van der Waals surface area contributed by atoms with Crippen molar-refractivity contribution in [3.8, 4) is 0 Å². The van der Waals surface area contributed by atoms with Crippen LogP contribution in [0.4, 0.5) is 0 Å². The fraction of sp³-hybridized carbons (Fsp3) is 0.562. The SMILES string of the molecule is C[C@@H](CO)CS[C@H](C)C(=O)N1CCc2ccccc2C1. The molecule has 0 saturated carbocycles. The highest BCUT2D eigenvalue weighted by atomic mass is 32.2. The van der Waals surface area contributed by atoms with Crippen molar-refractivity contribution in [3.05, 3.63) is 35.4 Å². The van der Waals surface area contributed by atoms with Crippen LogP contribution in [0.25, 0.3) is 0 Å². The Hall–Kier alpha value is -1.00. The lowest BCUT2D eigenvalue weighted by atomic mass is 10.00. The van der Waals surface area contributed by atoms with Gasteiger partial charge in [0.25, 0.3) is 0 Å². The van der Waals surface area contributed by atoms with Gasteiger partial charge in [-0.15, -0.1) is 11.8 Å². The van der Waals surface area contributed by atoms with E-state index in [2.05, 4.69) is 18.2 Å². The second-order valence-corrected chi connectivity index (χ2v) is 6.92. The molecule has 0 fully saturated rings. The first-order valence-corrected chi connectivity index (χ1v) is 8.24. The first-order valence-electron chi connectivity index (χ1n) is 7.20. The van der Waals surface area contributed by atoms with Gasteiger partial charge in [-0.05, 0) is 36.1 Å². The lowest BCUT2D eigenvalue weighted by Gasteiger charge is -2.31. The van der Waals surface area contributed by atoms with Crippen LogP contribution in [0.2, 0.25) is 0 Å². The van der Waals surface area contributed by atoms with E-state index in [1.54, 1.807) is 11.8 Å². The third-order valence-corrected chi connectivity index (χ3v) is 5.20. The molecule has 3 nitrogen and oxygen atoms in total. The van der Waals surface area contributed by atoms with Crippen molar-refractivity contribution in [2.45, 2.75) is 32.1 Å². The van der Waals surface area contributed by atoms with Gasteiger partial charge in [0.15, 0.2) is 0 Å². The van der Waals surface area contributed by atoms with E-state index in [-0.39, 0.29) is 23.7 Å². The molecule has 1 aromatic carbocycles. The Kier molecular flexibility index (Phi) is 5.49. The molecule has 1 aliphatic heterocycles. The Morgan fingerprint density at radius 3 is 2.75 bits per heavy atom. The molecule has 0 aromatic heterocycles. The van der Waals surface area contributed by atoms with Crippen LogP contribution in [0, 0.1) is 5.92 Å². The summed E-state index contributed by atoms with van der Waals surface area (Å²) in [7, 11) is 0. The Morgan fingerprint density at radius 2 is 2.05 bits per heavy atom. The predicted octanol–water partition coefficient (Wildman–Crippen LogP) is 2.32. The quantitative estimate of drug-likeness (QED) is 0.906. The molecule has 2 atom stereocenters. The number of amides is 1. The van der Waals surface area contributed by atoms with Crippen molar-refractivity contribution >= 4 is 17.7 Å². The first kappa shape index (κ1) is 15.4. The van der Waals surface area contributed by atoms with Gasteiger partial charge in [0.2, 0.25) is 5.91 Å². The summed E-state index contributed by atoms with van der Waals surface area (Å²) in [5.41, 5.74) is 2.64. The number of carbonyl (C=O) groups excluding carboxylic acids is 1. The second kappa shape index (κ2) is 7.14. The molecule has 2 rings (SSSR count). The van der Waals surface area contributed by atoms with Crippen LogP contribution in [-0.2, 0) is 17.8 Å². The Morgan fingerprint density at radius 1 is 1.35 bits per heavy atom. The molecule has 0 spiro atoms. The number of aliphatic hydroxyl groups excluding tert-OH is 1. The molecule has 0 aliphatic carbocycles. The highest BCUT2D eigenvalue weighted by molar-refractivity contribution is 8.00. The summed E-state index contributed by atoms with van der Waals surface area (Å²) in [5.74, 6) is 1.29. The molecule has 1 amide bonds. The zero-order chi connectivity index (χ0) is 14.5. The van der Waals surface area contributed by atoms with Gasteiger partial charge in [-0.3, -0.25) is 4.79 Å². The fourth-order valence-corrected chi connectivity index (χ4v) is 3.39. The molecule has 20 heavy (non-hydrogen) atoms. The maximum absolute atomic E-state index is 12.5. The molecular formula is C16H23NO2S. The normalized spacial score (nSPS) is 17.4. The largest absolute Gasteiger partial charge is 0.396 e. The molecule has 110 valence electrons. The first-order chi connectivity index (χ1) is 9.61. The third-order valence-electron chi connectivity index (χ3n) is 3.73. The van der Waals surface area contributed by atoms with Gasteiger partial charge in [-0.2, -0.15) is 0 Å². The number of carbonyl (C=O) groups is 1. The van der Waals surface area contributed by atoms with E-state index in [4.69, 9.17) is 5.11 Å². The highest BCUT2D eigenvalue weighted by Gasteiger charge is 2.24. The number of rotatable bonds is 5.